The first-order valence-electron chi connectivity index (χ1n) is 8.17. The number of benzene rings is 3. The monoisotopic (exact) mass is 363 g/mol. The van der Waals surface area contributed by atoms with Crippen LogP contribution in [0, 0.1) is 0 Å². The van der Waals surface area contributed by atoms with E-state index < -0.39 is 0 Å². The predicted octanol–water partition coefficient (Wildman–Crippen LogP) is 6.43. The van der Waals surface area contributed by atoms with Crippen LogP contribution in [0.15, 0.2) is 102 Å². The van der Waals surface area contributed by atoms with Gasteiger partial charge in [0.25, 0.3) is 0 Å². The van der Waals surface area contributed by atoms with Gasteiger partial charge in [0.15, 0.2) is 0 Å². The summed E-state index contributed by atoms with van der Waals surface area (Å²) >= 11 is 6.05. The molecule has 0 aliphatic rings. The van der Waals surface area contributed by atoms with E-state index in [1.165, 1.54) is 0 Å². The maximum atomic E-state index is 6.05. The van der Waals surface area contributed by atoms with Crippen LogP contribution in [0.5, 0.6) is 11.5 Å². The summed E-state index contributed by atoms with van der Waals surface area (Å²) in [4.78, 5) is 4.60. The summed E-state index contributed by atoms with van der Waals surface area (Å²) < 4.78 is 11.7. The van der Waals surface area contributed by atoms with Crippen LogP contribution < -0.4 is 9.47 Å². The second-order valence-electron chi connectivity index (χ2n) is 5.54. The molecule has 26 heavy (non-hydrogen) atoms. The molecule has 3 nitrogen and oxygen atoms in total. The Hall–Kier alpha value is -3.04. The summed E-state index contributed by atoms with van der Waals surface area (Å²) in [6.45, 7) is 1.88. The van der Waals surface area contributed by atoms with Crippen LogP contribution in [0.3, 0.4) is 0 Å². The lowest BCUT2D eigenvalue weighted by Crippen LogP contribution is -2.10. The molecule has 0 spiro atoms. The third kappa shape index (κ3) is 5.23. The van der Waals surface area contributed by atoms with Gasteiger partial charge in [-0.25, -0.2) is 4.99 Å². The molecular weight excluding hydrogens is 346 g/mol. The number of hydrogen-bond donors (Lipinski definition) is 0. The van der Waals surface area contributed by atoms with Crippen molar-refractivity contribution in [2.45, 2.75) is 6.92 Å². The highest BCUT2D eigenvalue weighted by Gasteiger charge is 2.08. The fourth-order valence-electron chi connectivity index (χ4n) is 2.16. The average molecular weight is 364 g/mol. The normalized spacial score (nSPS) is 11.9. The molecule has 0 atom stereocenters. The molecule has 0 unspecified atom stereocenters. The molecule has 0 aromatic heterocycles. The maximum Gasteiger partial charge on any atom is 0.225 e. The van der Waals surface area contributed by atoms with Crippen molar-refractivity contribution in [2.75, 3.05) is 0 Å². The number of nitrogens with zero attached hydrogens (tertiary/aromatic N) is 1. The first-order chi connectivity index (χ1) is 12.7. The summed E-state index contributed by atoms with van der Waals surface area (Å²) in [6, 6.07) is 26.4. The van der Waals surface area contributed by atoms with Gasteiger partial charge >= 0.3 is 0 Å². The van der Waals surface area contributed by atoms with Gasteiger partial charge in [-0.3, -0.25) is 0 Å². The van der Waals surface area contributed by atoms with Gasteiger partial charge in [0.05, 0.1) is 11.9 Å². The van der Waals surface area contributed by atoms with Crippen molar-refractivity contribution >= 4 is 23.2 Å². The largest absolute Gasteiger partial charge is 0.465 e. The molecule has 0 amide bonds. The van der Waals surface area contributed by atoms with Crippen LogP contribution in [0.1, 0.15) is 6.92 Å². The molecule has 0 aliphatic heterocycles. The molecule has 3 aromatic rings. The standard InChI is InChI=1S/C22H18ClNO2/c1-17(16-25-20-12-6-3-7-13-20)22(24-19-10-4-2-5-11-19)26-21-14-8-9-18(23)15-21/h2-16H,1H3/b17-16+,24-22-. The van der Waals surface area contributed by atoms with E-state index in [1.807, 2.05) is 79.7 Å². The minimum absolute atomic E-state index is 0.439. The zero-order chi connectivity index (χ0) is 18.2. The molecular formula is C22H18ClNO2. The third-order valence-electron chi connectivity index (χ3n) is 3.45. The molecule has 0 saturated carbocycles. The first-order valence-corrected chi connectivity index (χ1v) is 8.54. The summed E-state index contributed by atoms with van der Waals surface area (Å²) in [6.07, 6.45) is 1.63. The molecule has 0 bridgehead atoms. The van der Waals surface area contributed by atoms with Gasteiger partial charge in [-0.2, -0.15) is 0 Å². The van der Waals surface area contributed by atoms with E-state index in [-0.39, 0.29) is 0 Å². The van der Waals surface area contributed by atoms with Gasteiger partial charge in [-0.15, -0.1) is 0 Å². The predicted molar refractivity (Wildman–Crippen MR) is 106 cm³/mol. The van der Waals surface area contributed by atoms with Crippen LogP contribution in [-0.4, -0.2) is 5.90 Å². The van der Waals surface area contributed by atoms with Gasteiger partial charge in [-0.1, -0.05) is 54.1 Å². The molecule has 0 N–H and O–H groups in total. The lowest BCUT2D eigenvalue weighted by Gasteiger charge is -2.10. The lowest BCUT2D eigenvalue weighted by atomic mass is 10.3. The van der Waals surface area contributed by atoms with Gasteiger partial charge in [0, 0.05) is 10.6 Å². The van der Waals surface area contributed by atoms with E-state index >= 15 is 0 Å². The van der Waals surface area contributed by atoms with Crippen LogP contribution >= 0.6 is 11.6 Å². The fraction of sp³-hybridized carbons (Fsp3) is 0.0455. The summed E-state index contributed by atoms with van der Waals surface area (Å²) in [5.74, 6) is 1.79. The SMILES string of the molecule is CC(=C\Oc1ccccc1)/C(=N/c1ccccc1)Oc1cccc(Cl)c1. The molecule has 4 heteroatoms. The highest BCUT2D eigenvalue weighted by atomic mass is 35.5. The van der Waals surface area contributed by atoms with Crippen LogP contribution in [-0.2, 0) is 0 Å². The van der Waals surface area contributed by atoms with E-state index in [2.05, 4.69) is 4.99 Å². The Morgan fingerprint density at radius 3 is 2.19 bits per heavy atom. The Balaban J connectivity index is 1.88. The zero-order valence-corrected chi connectivity index (χ0v) is 15.1. The van der Waals surface area contributed by atoms with E-state index in [1.54, 1.807) is 18.4 Å². The topological polar surface area (TPSA) is 30.8 Å². The van der Waals surface area contributed by atoms with Crippen molar-refractivity contribution in [3.8, 4) is 11.5 Å². The quantitative estimate of drug-likeness (QED) is 0.297. The molecule has 130 valence electrons. The Bertz CT molecular complexity index is 906. The van der Waals surface area contributed by atoms with Gasteiger partial charge in [0.2, 0.25) is 5.90 Å². The van der Waals surface area contributed by atoms with Crippen molar-refractivity contribution in [2.24, 2.45) is 4.99 Å². The number of rotatable bonds is 5. The molecule has 0 heterocycles. The molecule has 0 aliphatic carbocycles. The smallest absolute Gasteiger partial charge is 0.225 e. The lowest BCUT2D eigenvalue weighted by molar-refractivity contribution is 0.473. The minimum Gasteiger partial charge on any atom is -0.465 e. The summed E-state index contributed by atoms with van der Waals surface area (Å²) in [5.41, 5.74) is 1.54. The molecule has 0 radical (unpaired) electrons. The Morgan fingerprint density at radius 2 is 1.50 bits per heavy atom. The van der Waals surface area contributed by atoms with Gasteiger partial charge in [0.1, 0.15) is 11.5 Å². The molecule has 3 rings (SSSR count). The fourth-order valence-corrected chi connectivity index (χ4v) is 2.34. The summed E-state index contributed by atoms with van der Waals surface area (Å²) in [5, 5.41) is 0.601. The van der Waals surface area contributed by atoms with E-state index in [4.69, 9.17) is 21.1 Å². The molecule has 0 fully saturated rings. The number of para-hydroxylation sites is 2. The third-order valence-corrected chi connectivity index (χ3v) is 3.68. The number of halogens is 1. The van der Waals surface area contributed by atoms with Crippen molar-refractivity contribution in [3.05, 3.63) is 102 Å². The van der Waals surface area contributed by atoms with E-state index in [0.29, 0.717) is 16.7 Å². The van der Waals surface area contributed by atoms with Crippen molar-refractivity contribution < 1.29 is 9.47 Å². The molecule has 0 saturated heterocycles. The van der Waals surface area contributed by atoms with E-state index in [0.717, 1.165) is 17.0 Å². The van der Waals surface area contributed by atoms with Crippen LogP contribution in [0.25, 0.3) is 0 Å². The Morgan fingerprint density at radius 1 is 0.846 bits per heavy atom. The van der Waals surface area contributed by atoms with Crippen LogP contribution in [0.2, 0.25) is 5.02 Å². The maximum absolute atomic E-state index is 6.05. The van der Waals surface area contributed by atoms with Gasteiger partial charge < -0.3 is 9.47 Å². The zero-order valence-electron chi connectivity index (χ0n) is 14.3. The Kier molecular flexibility index (Phi) is 6.07. The number of hydrogen-bond acceptors (Lipinski definition) is 3. The number of aliphatic imine (C=N–C) groups is 1. The van der Waals surface area contributed by atoms with E-state index in [9.17, 15) is 0 Å². The first kappa shape index (κ1) is 17.8. The van der Waals surface area contributed by atoms with Crippen molar-refractivity contribution in [1.29, 1.82) is 0 Å². The van der Waals surface area contributed by atoms with Crippen molar-refractivity contribution in [3.63, 3.8) is 0 Å². The van der Waals surface area contributed by atoms with Crippen LogP contribution in [0.4, 0.5) is 5.69 Å². The highest BCUT2D eigenvalue weighted by Crippen LogP contribution is 2.21. The Labute approximate surface area is 158 Å². The van der Waals surface area contributed by atoms with Gasteiger partial charge in [-0.05, 0) is 49.4 Å². The van der Waals surface area contributed by atoms with Crippen molar-refractivity contribution in [1.82, 2.24) is 0 Å². The number of ether oxygens (including phenoxy) is 2. The average Bonchev–Trinajstić information content (AvgIpc) is 2.67. The molecule has 3 aromatic carbocycles. The second-order valence-corrected chi connectivity index (χ2v) is 5.98. The summed E-state index contributed by atoms with van der Waals surface area (Å²) in [7, 11) is 0. The highest BCUT2D eigenvalue weighted by molar-refractivity contribution is 6.30. The second kappa shape index (κ2) is 8.88. The minimum atomic E-state index is 0.439.